The molecule has 0 aliphatic rings. The van der Waals surface area contributed by atoms with Crippen LogP contribution < -0.4 is 5.32 Å². The van der Waals surface area contributed by atoms with Gasteiger partial charge < -0.3 is 10.4 Å². The molecule has 1 atom stereocenters. The Morgan fingerprint density at radius 3 is 2.50 bits per heavy atom. The third-order valence-electron chi connectivity index (χ3n) is 3.48. The fourth-order valence-electron chi connectivity index (χ4n) is 1.81. The maximum Gasteiger partial charge on any atom is 0.0766 e. The van der Waals surface area contributed by atoms with Crippen LogP contribution in [0.25, 0.3) is 0 Å². The predicted molar refractivity (Wildman–Crippen MR) is 81.1 cm³/mol. The van der Waals surface area contributed by atoms with E-state index >= 15 is 0 Å². The summed E-state index contributed by atoms with van der Waals surface area (Å²) >= 11 is 9.60. The zero-order valence-corrected chi connectivity index (χ0v) is 13.5. The van der Waals surface area contributed by atoms with Crippen molar-refractivity contribution >= 4 is 27.5 Å². The van der Waals surface area contributed by atoms with Crippen molar-refractivity contribution in [3.8, 4) is 0 Å². The Morgan fingerprint density at radius 2 is 2.00 bits per heavy atom. The number of benzene rings is 1. The van der Waals surface area contributed by atoms with Crippen LogP contribution in [0.15, 0.2) is 22.7 Å². The minimum Gasteiger partial charge on any atom is -0.389 e. The maximum absolute atomic E-state index is 10.2. The zero-order valence-electron chi connectivity index (χ0n) is 11.1. The van der Waals surface area contributed by atoms with E-state index in [1.807, 2.05) is 32.0 Å². The third kappa shape index (κ3) is 4.23. The molecule has 4 heteroatoms. The summed E-state index contributed by atoms with van der Waals surface area (Å²) in [4.78, 5) is 0. The molecule has 0 fully saturated rings. The van der Waals surface area contributed by atoms with Gasteiger partial charge in [0.25, 0.3) is 0 Å². The van der Waals surface area contributed by atoms with Crippen LogP contribution in [0, 0.1) is 0 Å². The lowest BCUT2D eigenvalue weighted by Crippen LogP contribution is -2.40. The Bertz CT molecular complexity index is 393. The molecule has 0 amide bonds. The molecule has 0 spiro atoms. The van der Waals surface area contributed by atoms with Crippen LogP contribution in [0.3, 0.4) is 0 Å². The number of rotatable bonds is 6. The van der Waals surface area contributed by atoms with Crippen molar-refractivity contribution in [2.75, 3.05) is 6.54 Å². The summed E-state index contributed by atoms with van der Waals surface area (Å²) in [5, 5.41) is 14.3. The molecule has 0 saturated heterocycles. The summed E-state index contributed by atoms with van der Waals surface area (Å²) in [6, 6.07) is 5.99. The van der Waals surface area contributed by atoms with Gasteiger partial charge in [-0.25, -0.2) is 0 Å². The van der Waals surface area contributed by atoms with Gasteiger partial charge in [-0.1, -0.05) is 47.4 Å². The monoisotopic (exact) mass is 333 g/mol. The molecule has 0 radical (unpaired) electrons. The van der Waals surface area contributed by atoms with E-state index in [2.05, 4.69) is 28.2 Å². The van der Waals surface area contributed by atoms with Gasteiger partial charge in [0.2, 0.25) is 0 Å². The molecule has 0 aliphatic carbocycles. The first-order valence-corrected chi connectivity index (χ1v) is 7.49. The van der Waals surface area contributed by atoms with Gasteiger partial charge in [0, 0.05) is 22.1 Å². The summed E-state index contributed by atoms with van der Waals surface area (Å²) < 4.78 is 0.974. The standard InChI is InChI=1S/C14H21BrClNO/c1-4-14(18,5-2)9-17-10(3)12-7-6-11(15)8-13(12)16/h6-8,10,17-18H,4-5,9H2,1-3H3. The van der Waals surface area contributed by atoms with Crippen molar-refractivity contribution in [2.45, 2.75) is 45.3 Å². The fraction of sp³-hybridized carbons (Fsp3) is 0.571. The molecule has 0 heterocycles. The van der Waals surface area contributed by atoms with Crippen molar-refractivity contribution in [2.24, 2.45) is 0 Å². The van der Waals surface area contributed by atoms with Crippen LogP contribution in [0.1, 0.15) is 45.2 Å². The molecule has 1 unspecified atom stereocenters. The van der Waals surface area contributed by atoms with E-state index in [1.165, 1.54) is 0 Å². The summed E-state index contributed by atoms with van der Waals surface area (Å²) in [5.74, 6) is 0. The lowest BCUT2D eigenvalue weighted by molar-refractivity contribution is 0.0303. The summed E-state index contributed by atoms with van der Waals surface area (Å²) in [6.07, 6.45) is 1.49. The molecule has 0 bridgehead atoms. The first kappa shape index (κ1) is 16.0. The molecule has 102 valence electrons. The number of hydrogen-bond donors (Lipinski definition) is 2. The van der Waals surface area contributed by atoms with E-state index < -0.39 is 5.60 Å². The SMILES string of the molecule is CCC(O)(CC)CNC(C)c1ccc(Br)cc1Cl. The Morgan fingerprint density at radius 1 is 1.39 bits per heavy atom. The Balaban J connectivity index is 2.68. The Hall–Kier alpha value is -0.0900. The lowest BCUT2D eigenvalue weighted by atomic mass is 9.96. The largest absolute Gasteiger partial charge is 0.389 e. The molecule has 2 N–H and O–H groups in total. The fourth-order valence-corrected chi connectivity index (χ4v) is 2.64. The van der Waals surface area contributed by atoms with Crippen LogP contribution in [0.2, 0.25) is 5.02 Å². The van der Waals surface area contributed by atoms with Crippen molar-refractivity contribution in [3.05, 3.63) is 33.3 Å². The van der Waals surface area contributed by atoms with Crippen molar-refractivity contribution in [1.29, 1.82) is 0 Å². The number of hydrogen-bond acceptors (Lipinski definition) is 2. The number of nitrogens with one attached hydrogen (secondary N) is 1. The van der Waals surface area contributed by atoms with Gasteiger partial charge in [-0.05, 0) is 37.5 Å². The van der Waals surface area contributed by atoms with E-state index in [0.717, 1.165) is 27.9 Å². The molecular weight excluding hydrogens is 314 g/mol. The highest BCUT2D eigenvalue weighted by atomic mass is 79.9. The van der Waals surface area contributed by atoms with Crippen LogP contribution in [0.5, 0.6) is 0 Å². The normalized spacial score (nSPS) is 13.7. The van der Waals surface area contributed by atoms with Crippen molar-refractivity contribution in [3.63, 3.8) is 0 Å². The first-order chi connectivity index (χ1) is 8.41. The van der Waals surface area contributed by atoms with E-state index in [-0.39, 0.29) is 6.04 Å². The second kappa shape index (κ2) is 6.90. The molecule has 1 rings (SSSR count). The summed E-state index contributed by atoms with van der Waals surface area (Å²) in [6.45, 7) is 6.64. The molecular formula is C14H21BrClNO. The molecule has 1 aromatic carbocycles. The average Bonchev–Trinajstić information content (AvgIpc) is 2.35. The second-order valence-corrected chi connectivity index (χ2v) is 6.02. The topological polar surface area (TPSA) is 32.3 Å². The van der Waals surface area contributed by atoms with Crippen LogP contribution >= 0.6 is 27.5 Å². The quantitative estimate of drug-likeness (QED) is 0.812. The zero-order chi connectivity index (χ0) is 13.8. The number of halogens is 2. The molecule has 18 heavy (non-hydrogen) atoms. The number of aliphatic hydroxyl groups is 1. The van der Waals surface area contributed by atoms with Gasteiger partial charge in [-0.2, -0.15) is 0 Å². The molecule has 0 aliphatic heterocycles. The highest BCUT2D eigenvalue weighted by Gasteiger charge is 2.23. The van der Waals surface area contributed by atoms with Gasteiger partial charge in [0.05, 0.1) is 5.60 Å². The maximum atomic E-state index is 10.2. The van der Waals surface area contributed by atoms with Gasteiger partial charge >= 0.3 is 0 Å². The van der Waals surface area contributed by atoms with Crippen molar-refractivity contribution < 1.29 is 5.11 Å². The Kier molecular flexibility index (Phi) is 6.12. The van der Waals surface area contributed by atoms with Crippen molar-refractivity contribution in [1.82, 2.24) is 5.32 Å². The van der Waals surface area contributed by atoms with Gasteiger partial charge in [-0.15, -0.1) is 0 Å². The van der Waals surface area contributed by atoms with E-state index in [4.69, 9.17) is 11.6 Å². The molecule has 0 aromatic heterocycles. The van der Waals surface area contributed by atoms with Crippen LogP contribution in [-0.2, 0) is 0 Å². The van der Waals surface area contributed by atoms with Crippen LogP contribution in [0.4, 0.5) is 0 Å². The van der Waals surface area contributed by atoms with Gasteiger partial charge in [0.15, 0.2) is 0 Å². The average molecular weight is 335 g/mol. The van der Waals surface area contributed by atoms with Gasteiger partial charge in [0.1, 0.15) is 0 Å². The highest BCUT2D eigenvalue weighted by Crippen LogP contribution is 2.26. The molecule has 1 aromatic rings. The predicted octanol–water partition coefficient (Wildman–Crippen LogP) is 4.30. The minimum absolute atomic E-state index is 0.121. The smallest absolute Gasteiger partial charge is 0.0766 e. The Labute approximate surface area is 123 Å². The van der Waals surface area contributed by atoms with Gasteiger partial charge in [-0.3, -0.25) is 0 Å². The summed E-state index contributed by atoms with van der Waals surface area (Å²) in [7, 11) is 0. The van der Waals surface area contributed by atoms with E-state index in [0.29, 0.717) is 6.54 Å². The summed E-state index contributed by atoms with van der Waals surface area (Å²) in [5.41, 5.74) is 0.422. The lowest BCUT2D eigenvalue weighted by Gasteiger charge is -2.28. The van der Waals surface area contributed by atoms with E-state index in [1.54, 1.807) is 0 Å². The first-order valence-electron chi connectivity index (χ1n) is 6.32. The second-order valence-electron chi connectivity index (χ2n) is 4.70. The van der Waals surface area contributed by atoms with Crippen LogP contribution in [-0.4, -0.2) is 17.3 Å². The highest BCUT2D eigenvalue weighted by molar-refractivity contribution is 9.10. The third-order valence-corrected chi connectivity index (χ3v) is 4.30. The minimum atomic E-state index is -0.629. The molecule has 2 nitrogen and oxygen atoms in total. The van der Waals surface area contributed by atoms with E-state index in [9.17, 15) is 5.11 Å². The molecule has 0 saturated carbocycles.